The van der Waals surface area contributed by atoms with E-state index >= 15 is 0 Å². The Kier molecular flexibility index (Phi) is 21.9. The van der Waals surface area contributed by atoms with Crippen molar-refractivity contribution in [1.82, 2.24) is 0 Å². The van der Waals surface area contributed by atoms with Crippen molar-refractivity contribution in [2.24, 2.45) is 0 Å². The molecular weight excluding hydrogens is 603 g/mol. The molecule has 0 bridgehead atoms. The number of benzene rings is 2. The van der Waals surface area contributed by atoms with Gasteiger partial charge in [0, 0.05) is 5.56 Å². The van der Waals surface area contributed by atoms with E-state index in [9.17, 15) is 0 Å². The van der Waals surface area contributed by atoms with Gasteiger partial charge in [-0.3, -0.25) is 0 Å². The van der Waals surface area contributed by atoms with E-state index in [2.05, 4.69) is 121 Å². The molecule has 2 aromatic carbocycles. The van der Waals surface area contributed by atoms with E-state index in [4.69, 9.17) is 9.47 Å². The predicted molar refractivity (Wildman–Crippen MR) is 187 cm³/mol. The Bertz CT molecular complexity index is 1020. The highest BCUT2D eigenvalue weighted by molar-refractivity contribution is 14.1. The summed E-state index contributed by atoms with van der Waals surface area (Å²) in [6.07, 6.45) is 16.7. The summed E-state index contributed by atoms with van der Waals surface area (Å²) in [6.45, 7) is 19.5. The second kappa shape index (κ2) is 22.9. The summed E-state index contributed by atoms with van der Waals surface area (Å²) in [5.74, 6) is 2.06. The third-order valence-electron chi connectivity index (χ3n) is 6.68. The molecule has 0 atom stereocenters. The number of ether oxygens (including phenoxy) is 2. The molecule has 226 valence electrons. The second-order valence-corrected chi connectivity index (χ2v) is 12.2. The van der Waals surface area contributed by atoms with Gasteiger partial charge in [0.15, 0.2) is 0 Å². The van der Waals surface area contributed by atoms with Crippen LogP contribution in [0.1, 0.15) is 121 Å². The molecule has 2 rings (SSSR count). The van der Waals surface area contributed by atoms with Gasteiger partial charge in [-0.2, -0.15) is 0 Å². The van der Waals surface area contributed by atoms with Crippen LogP contribution in [0.4, 0.5) is 0 Å². The predicted octanol–water partition coefficient (Wildman–Crippen LogP) is 11.9. The van der Waals surface area contributed by atoms with Crippen LogP contribution < -0.4 is 9.47 Å². The molecular formula is C37H59IO2. The van der Waals surface area contributed by atoms with Crippen molar-refractivity contribution in [3.8, 4) is 11.5 Å². The highest BCUT2D eigenvalue weighted by atomic mass is 127. The summed E-state index contributed by atoms with van der Waals surface area (Å²) in [5, 5.41) is 0. The van der Waals surface area contributed by atoms with E-state index in [0.29, 0.717) is 0 Å². The van der Waals surface area contributed by atoms with Gasteiger partial charge in [0.2, 0.25) is 0 Å². The minimum absolute atomic E-state index is 0.965. The van der Waals surface area contributed by atoms with Gasteiger partial charge in [-0.25, -0.2) is 0 Å². The molecule has 0 spiro atoms. The average molecular weight is 663 g/mol. The van der Waals surface area contributed by atoms with Crippen LogP contribution in [0.25, 0.3) is 0 Å². The summed E-state index contributed by atoms with van der Waals surface area (Å²) in [6, 6.07) is 8.99. The minimum Gasteiger partial charge on any atom is -0.496 e. The fraction of sp³-hybridized carbons (Fsp3) is 0.568. The number of unbranched alkanes of at least 4 members (excludes halogenated alkanes) is 4. The zero-order valence-electron chi connectivity index (χ0n) is 27.7. The molecule has 0 N–H and O–H groups in total. The SMILES string of the molecule is CCC=C(C)C.CCCCCc1cc(C)c(CC=C(C)C)c(OC)c1.CCCCCc1cc(C)c(I)c(OC)c1. The maximum atomic E-state index is 5.58. The lowest BCUT2D eigenvalue weighted by Crippen LogP contribution is -1.98. The van der Waals surface area contributed by atoms with Gasteiger partial charge in [0.05, 0.1) is 17.8 Å². The van der Waals surface area contributed by atoms with E-state index < -0.39 is 0 Å². The monoisotopic (exact) mass is 662 g/mol. The zero-order valence-corrected chi connectivity index (χ0v) is 29.9. The van der Waals surface area contributed by atoms with Crippen LogP contribution in [-0.4, -0.2) is 14.2 Å². The van der Waals surface area contributed by atoms with Crippen molar-refractivity contribution in [2.45, 2.75) is 127 Å². The fourth-order valence-corrected chi connectivity index (χ4v) is 4.95. The van der Waals surface area contributed by atoms with Crippen molar-refractivity contribution < 1.29 is 9.47 Å². The zero-order chi connectivity index (χ0) is 30.5. The first-order chi connectivity index (χ1) is 19.0. The number of rotatable bonds is 13. The third-order valence-corrected chi connectivity index (χ3v) is 8.06. The molecule has 0 radical (unpaired) electrons. The van der Waals surface area contributed by atoms with E-state index in [0.717, 1.165) is 24.3 Å². The van der Waals surface area contributed by atoms with Crippen LogP contribution >= 0.6 is 22.6 Å². The average Bonchev–Trinajstić information content (AvgIpc) is 2.90. The number of halogens is 1. The van der Waals surface area contributed by atoms with E-state index in [1.807, 2.05) is 0 Å². The molecule has 2 aromatic rings. The maximum absolute atomic E-state index is 5.58. The minimum atomic E-state index is 0.965. The first-order valence-corrected chi connectivity index (χ1v) is 16.4. The standard InChI is InChI=1S/C18H28O.C13H19IO.C6H12/c1-6-7-8-9-16-12-15(4)17(11-10-14(2)3)18(13-16)19-5;1-4-5-6-7-11-8-10(2)13(14)12(9-11)15-3;1-4-5-6(2)3/h10,12-13H,6-9,11H2,1-5H3;8-9H,4-7H2,1-3H3;5H,4H2,1-3H3. The first kappa shape index (κ1) is 38.2. The Balaban J connectivity index is 0.000000644. The van der Waals surface area contributed by atoms with Gasteiger partial charge in [-0.1, -0.05) is 81.9 Å². The Morgan fingerprint density at radius 2 is 1.15 bits per heavy atom. The molecule has 0 fully saturated rings. The van der Waals surface area contributed by atoms with Crippen LogP contribution in [0.2, 0.25) is 0 Å². The van der Waals surface area contributed by atoms with Crippen molar-refractivity contribution >= 4 is 22.6 Å². The lowest BCUT2D eigenvalue weighted by atomic mass is 9.97. The lowest BCUT2D eigenvalue weighted by Gasteiger charge is -2.13. The first-order valence-electron chi connectivity index (χ1n) is 15.3. The molecule has 0 aromatic heterocycles. The second-order valence-electron chi connectivity index (χ2n) is 11.1. The van der Waals surface area contributed by atoms with Gasteiger partial charge >= 0.3 is 0 Å². The van der Waals surface area contributed by atoms with Gasteiger partial charge in [-0.15, -0.1) is 0 Å². The van der Waals surface area contributed by atoms with Gasteiger partial charge in [0.25, 0.3) is 0 Å². The molecule has 0 saturated carbocycles. The van der Waals surface area contributed by atoms with Crippen LogP contribution in [0.5, 0.6) is 11.5 Å². The van der Waals surface area contributed by atoms with E-state index in [-0.39, 0.29) is 0 Å². The van der Waals surface area contributed by atoms with Crippen LogP contribution in [0.3, 0.4) is 0 Å². The third kappa shape index (κ3) is 16.5. The van der Waals surface area contributed by atoms with Crippen molar-refractivity contribution in [3.63, 3.8) is 0 Å². The molecule has 3 heteroatoms. The highest BCUT2D eigenvalue weighted by Crippen LogP contribution is 2.27. The number of aryl methyl sites for hydroxylation is 4. The topological polar surface area (TPSA) is 18.5 Å². The van der Waals surface area contributed by atoms with Gasteiger partial charge < -0.3 is 9.47 Å². The Labute approximate surface area is 262 Å². The van der Waals surface area contributed by atoms with Crippen molar-refractivity contribution in [1.29, 1.82) is 0 Å². The van der Waals surface area contributed by atoms with Crippen LogP contribution in [-0.2, 0) is 19.3 Å². The molecule has 0 aliphatic heterocycles. The molecule has 0 heterocycles. The summed E-state index contributed by atoms with van der Waals surface area (Å²) in [7, 11) is 3.52. The number of hydrogen-bond acceptors (Lipinski definition) is 2. The fourth-order valence-electron chi connectivity index (χ4n) is 4.42. The number of hydrogen-bond donors (Lipinski definition) is 0. The van der Waals surface area contributed by atoms with E-state index in [1.165, 1.54) is 93.9 Å². The maximum Gasteiger partial charge on any atom is 0.132 e. The largest absolute Gasteiger partial charge is 0.496 e. The quantitative estimate of drug-likeness (QED) is 0.121. The molecule has 40 heavy (non-hydrogen) atoms. The van der Waals surface area contributed by atoms with Gasteiger partial charge in [0.1, 0.15) is 11.5 Å². The molecule has 0 unspecified atom stereocenters. The molecule has 0 aliphatic carbocycles. The lowest BCUT2D eigenvalue weighted by molar-refractivity contribution is 0.409. The summed E-state index contributed by atoms with van der Waals surface area (Å²) < 4.78 is 12.2. The molecule has 0 aliphatic rings. The van der Waals surface area contributed by atoms with Crippen molar-refractivity contribution in [2.75, 3.05) is 14.2 Å². The molecule has 2 nitrogen and oxygen atoms in total. The van der Waals surface area contributed by atoms with Crippen LogP contribution in [0, 0.1) is 17.4 Å². The summed E-state index contributed by atoms with van der Waals surface area (Å²) in [5.41, 5.74) is 9.57. The van der Waals surface area contributed by atoms with Crippen molar-refractivity contribution in [3.05, 3.63) is 79.0 Å². The molecule has 0 saturated heterocycles. The Morgan fingerprint density at radius 3 is 1.55 bits per heavy atom. The van der Waals surface area contributed by atoms with E-state index in [1.54, 1.807) is 14.2 Å². The Hall–Kier alpha value is -1.75. The number of allylic oxidation sites excluding steroid dienone is 4. The van der Waals surface area contributed by atoms with Crippen LogP contribution in [0.15, 0.2) is 47.6 Å². The van der Waals surface area contributed by atoms with Gasteiger partial charge in [-0.05, 0) is 137 Å². The summed E-state index contributed by atoms with van der Waals surface area (Å²) >= 11 is 2.34. The number of methoxy groups -OCH3 is 2. The Morgan fingerprint density at radius 1 is 0.675 bits per heavy atom. The normalized spacial score (nSPS) is 10.0. The molecule has 0 amide bonds. The smallest absolute Gasteiger partial charge is 0.132 e. The summed E-state index contributed by atoms with van der Waals surface area (Å²) in [4.78, 5) is 0. The highest BCUT2D eigenvalue weighted by Gasteiger charge is 2.08.